The van der Waals surface area contributed by atoms with E-state index in [9.17, 15) is 9.90 Å². The van der Waals surface area contributed by atoms with Crippen LogP contribution in [-0.4, -0.2) is 20.9 Å². The molecule has 1 N–H and O–H groups in total. The molecule has 6 heteroatoms. The van der Waals surface area contributed by atoms with Crippen LogP contribution in [0.2, 0.25) is 0 Å². The Morgan fingerprint density at radius 1 is 1.29 bits per heavy atom. The molecular weight excluding hydrogens is 272 g/mol. The Morgan fingerprint density at radius 3 is 2.76 bits per heavy atom. The van der Waals surface area contributed by atoms with Crippen LogP contribution < -0.4 is 4.74 Å². The number of ether oxygens (including phenoxy) is 1. The van der Waals surface area contributed by atoms with Gasteiger partial charge in [0.25, 0.3) is 0 Å². The lowest BCUT2D eigenvalue weighted by molar-refractivity contribution is 0.0685. The van der Waals surface area contributed by atoms with E-state index in [0.29, 0.717) is 0 Å². The number of carboxylic acid groups (broad SMARTS) is 1. The number of rotatable bonds is 5. The van der Waals surface area contributed by atoms with E-state index in [1.165, 1.54) is 10.9 Å². The topological polar surface area (TPSA) is 77.5 Å². The zero-order chi connectivity index (χ0) is 14.7. The highest BCUT2D eigenvalue weighted by molar-refractivity contribution is 5.88. The third kappa shape index (κ3) is 2.79. The van der Waals surface area contributed by atoms with E-state index in [0.717, 1.165) is 11.3 Å². The molecule has 0 fully saturated rings. The average molecular weight is 284 g/mol. The second-order valence-electron chi connectivity index (χ2n) is 4.35. The molecule has 3 rings (SSSR count). The molecule has 0 saturated heterocycles. The second-order valence-corrected chi connectivity index (χ2v) is 4.35. The Kier molecular flexibility index (Phi) is 3.42. The van der Waals surface area contributed by atoms with Crippen LogP contribution in [0.15, 0.2) is 59.5 Å². The Balaban J connectivity index is 1.88. The third-order valence-corrected chi connectivity index (χ3v) is 2.88. The maximum Gasteiger partial charge on any atom is 0.360 e. The second kappa shape index (κ2) is 5.54. The Hall–Kier alpha value is -3.02. The Bertz CT molecular complexity index is 732. The van der Waals surface area contributed by atoms with Crippen molar-refractivity contribution in [1.82, 2.24) is 9.78 Å². The number of nitrogens with zero attached hydrogens (tertiary/aromatic N) is 2. The molecule has 2 aromatic heterocycles. The van der Waals surface area contributed by atoms with Crippen molar-refractivity contribution in [2.45, 2.75) is 6.61 Å². The van der Waals surface area contributed by atoms with E-state index in [1.807, 2.05) is 30.3 Å². The first-order chi connectivity index (χ1) is 10.2. The molecule has 6 nitrogen and oxygen atoms in total. The first kappa shape index (κ1) is 13.0. The lowest BCUT2D eigenvalue weighted by atomic mass is 10.3. The summed E-state index contributed by atoms with van der Waals surface area (Å²) in [5, 5.41) is 13.3. The molecule has 0 bridgehead atoms. The van der Waals surface area contributed by atoms with E-state index < -0.39 is 5.97 Å². The summed E-state index contributed by atoms with van der Waals surface area (Å²) < 4.78 is 11.9. The van der Waals surface area contributed by atoms with Crippen molar-refractivity contribution in [2.24, 2.45) is 0 Å². The number of hydrogen-bond donors (Lipinski definition) is 1. The highest BCUT2D eigenvalue weighted by atomic mass is 16.5. The van der Waals surface area contributed by atoms with Gasteiger partial charge in [-0.15, -0.1) is 0 Å². The van der Waals surface area contributed by atoms with Crippen molar-refractivity contribution < 1.29 is 19.1 Å². The van der Waals surface area contributed by atoms with Crippen molar-refractivity contribution in [1.29, 1.82) is 0 Å². The predicted molar refractivity (Wildman–Crippen MR) is 73.6 cm³/mol. The predicted octanol–water partition coefficient (Wildman–Crippen LogP) is 2.74. The summed E-state index contributed by atoms with van der Waals surface area (Å²) >= 11 is 0. The minimum absolute atomic E-state index is 0.123. The van der Waals surface area contributed by atoms with Crippen LogP contribution in [0.4, 0.5) is 0 Å². The monoisotopic (exact) mass is 284 g/mol. The maximum atomic E-state index is 11.3. The number of aromatic nitrogens is 2. The van der Waals surface area contributed by atoms with Crippen molar-refractivity contribution >= 4 is 5.97 Å². The maximum absolute atomic E-state index is 11.3. The fraction of sp³-hybridized carbons (Fsp3) is 0.0667. The third-order valence-electron chi connectivity index (χ3n) is 2.88. The summed E-state index contributed by atoms with van der Waals surface area (Å²) in [5.74, 6) is -0.917. The molecule has 0 spiro atoms. The first-order valence-electron chi connectivity index (χ1n) is 6.26. The zero-order valence-electron chi connectivity index (χ0n) is 11.0. The lowest BCUT2D eigenvalue weighted by Gasteiger charge is -2.01. The number of furan rings is 1. The number of aromatic carboxylic acids is 1. The van der Waals surface area contributed by atoms with Gasteiger partial charge in [0.15, 0.2) is 5.75 Å². The average Bonchev–Trinajstić information content (AvgIpc) is 3.15. The highest BCUT2D eigenvalue weighted by Gasteiger charge is 2.18. The molecule has 0 aliphatic carbocycles. The SMILES string of the molecule is O=C(O)c1nn(-c2ccccc2)cc1OCc1ccoc1. The smallest absolute Gasteiger partial charge is 0.360 e. The quantitative estimate of drug-likeness (QED) is 0.779. The van der Waals surface area contributed by atoms with E-state index in [-0.39, 0.29) is 18.1 Å². The molecule has 21 heavy (non-hydrogen) atoms. The van der Waals surface area contributed by atoms with E-state index >= 15 is 0 Å². The number of para-hydroxylation sites is 1. The van der Waals surface area contributed by atoms with Crippen LogP contribution in [0.5, 0.6) is 5.75 Å². The summed E-state index contributed by atoms with van der Waals surface area (Å²) in [6.07, 6.45) is 4.63. The number of carbonyl (C=O) groups is 1. The van der Waals surface area contributed by atoms with Gasteiger partial charge in [-0.25, -0.2) is 9.48 Å². The number of carboxylic acids is 1. The summed E-state index contributed by atoms with van der Waals surface area (Å²) in [5.41, 5.74) is 1.46. The highest BCUT2D eigenvalue weighted by Crippen LogP contribution is 2.21. The van der Waals surface area contributed by atoms with Gasteiger partial charge < -0.3 is 14.3 Å². The van der Waals surface area contributed by atoms with Gasteiger partial charge in [0.2, 0.25) is 5.69 Å². The van der Waals surface area contributed by atoms with Crippen molar-refractivity contribution in [3.05, 3.63) is 66.4 Å². The normalized spacial score (nSPS) is 10.5. The van der Waals surface area contributed by atoms with Crippen LogP contribution in [0.1, 0.15) is 16.1 Å². The molecule has 0 aliphatic rings. The fourth-order valence-electron chi connectivity index (χ4n) is 1.86. The summed E-state index contributed by atoms with van der Waals surface area (Å²) in [7, 11) is 0. The first-order valence-corrected chi connectivity index (χ1v) is 6.26. The van der Waals surface area contributed by atoms with Crippen molar-refractivity contribution in [3.63, 3.8) is 0 Å². The summed E-state index contributed by atoms with van der Waals surface area (Å²) in [6, 6.07) is 11.0. The van der Waals surface area contributed by atoms with Gasteiger partial charge in [-0.2, -0.15) is 5.10 Å². The minimum atomic E-state index is -1.13. The van der Waals surface area contributed by atoms with Gasteiger partial charge in [0.05, 0.1) is 24.4 Å². The van der Waals surface area contributed by atoms with Gasteiger partial charge in [-0.3, -0.25) is 0 Å². The zero-order valence-corrected chi connectivity index (χ0v) is 11.0. The molecule has 2 heterocycles. The van der Waals surface area contributed by atoms with Crippen LogP contribution in [0, 0.1) is 0 Å². The van der Waals surface area contributed by atoms with Gasteiger partial charge in [-0.05, 0) is 18.2 Å². The van der Waals surface area contributed by atoms with E-state index in [1.54, 1.807) is 18.5 Å². The summed E-state index contributed by atoms with van der Waals surface area (Å²) in [4.78, 5) is 11.3. The molecule has 0 atom stereocenters. The minimum Gasteiger partial charge on any atom is -0.485 e. The van der Waals surface area contributed by atoms with Gasteiger partial charge >= 0.3 is 5.97 Å². The van der Waals surface area contributed by atoms with Crippen LogP contribution in [0.25, 0.3) is 5.69 Å². The standard InChI is InChI=1S/C15H12N2O4/c18-15(19)14-13(21-10-11-6-7-20-9-11)8-17(16-14)12-4-2-1-3-5-12/h1-9H,10H2,(H,18,19). The largest absolute Gasteiger partial charge is 0.485 e. The number of benzene rings is 1. The molecule has 0 radical (unpaired) electrons. The van der Waals surface area contributed by atoms with Crippen molar-refractivity contribution in [3.8, 4) is 11.4 Å². The molecule has 3 aromatic rings. The van der Waals surface area contributed by atoms with Crippen molar-refractivity contribution in [2.75, 3.05) is 0 Å². The molecule has 0 aliphatic heterocycles. The van der Waals surface area contributed by atoms with Gasteiger partial charge in [-0.1, -0.05) is 18.2 Å². The van der Waals surface area contributed by atoms with E-state index in [2.05, 4.69) is 5.10 Å². The molecule has 0 unspecified atom stereocenters. The van der Waals surface area contributed by atoms with Gasteiger partial charge in [0.1, 0.15) is 6.61 Å². The van der Waals surface area contributed by atoms with Crippen LogP contribution in [0.3, 0.4) is 0 Å². The molecule has 106 valence electrons. The summed E-state index contributed by atoms with van der Waals surface area (Å²) in [6.45, 7) is 0.220. The van der Waals surface area contributed by atoms with Crippen LogP contribution >= 0.6 is 0 Å². The van der Waals surface area contributed by atoms with E-state index in [4.69, 9.17) is 9.15 Å². The number of hydrogen-bond acceptors (Lipinski definition) is 4. The lowest BCUT2D eigenvalue weighted by Crippen LogP contribution is -2.03. The van der Waals surface area contributed by atoms with Crippen LogP contribution in [-0.2, 0) is 6.61 Å². The Morgan fingerprint density at radius 2 is 2.10 bits per heavy atom. The fourth-order valence-corrected chi connectivity index (χ4v) is 1.86. The Labute approximate surface area is 120 Å². The molecule has 0 amide bonds. The molecular formula is C15H12N2O4. The molecule has 1 aromatic carbocycles. The van der Waals surface area contributed by atoms with Gasteiger partial charge in [0, 0.05) is 5.56 Å². The molecule has 0 saturated carbocycles.